The smallest absolute Gasteiger partial charge is 0.336 e. The van der Waals surface area contributed by atoms with Gasteiger partial charge in [-0.05, 0) is 41.1 Å². The van der Waals surface area contributed by atoms with Gasteiger partial charge in [-0.15, -0.1) is 0 Å². The SMILES string of the molecule is CCOCS(=O)c1ccc(Br)c(C(=O)O)c1. The van der Waals surface area contributed by atoms with E-state index in [0.717, 1.165) is 0 Å². The van der Waals surface area contributed by atoms with Crippen molar-refractivity contribution >= 4 is 32.7 Å². The average Bonchev–Trinajstić information content (AvgIpc) is 2.26. The highest BCUT2D eigenvalue weighted by atomic mass is 79.9. The Balaban J connectivity index is 2.94. The predicted octanol–water partition coefficient (Wildman–Crippen LogP) is 2.25. The Morgan fingerprint density at radius 1 is 1.56 bits per heavy atom. The summed E-state index contributed by atoms with van der Waals surface area (Å²) >= 11 is 3.12. The minimum atomic E-state index is -1.32. The maximum atomic E-state index is 11.7. The van der Waals surface area contributed by atoms with Crippen molar-refractivity contribution in [2.45, 2.75) is 11.8 Å². The highest BCUT2D eigenvalue weighted by Crippen LogP contribution is 2.20. The molecule has 0 amide bonds. The van der Waals surface area contributed by atoms with Crippen molar-refractivity contribution in [1.29, 1.82) is 0 Å². The first-order valence-electron chi connectivity index (χ1n) is 4.55. The van der Waals surface area contributed by atoms with Crippen molar-refractivity contribution in [3.8, 4) is 0 Å². The van der Waals surface area contributed by atoms with Gasteiger partial charge in [-0.1, -0.05) is 0 Å². The number of hydrogen-bond acceptors (Lipinski definition) is 3. The van der Waals surface area contributed by atoms with Crippen molar-refractivity contribution in [1.82, 2.24) is 0 Å². The summed E-state index contributed by atoms with van der Waals surface area (Å²) in [7, 11) is -1.32. The first-order chi connectivity index (χ1) is 7.56. The minimum absolute atomic E-state index is 0.0805. The Bertz CT molecular complexity index is 419. The van der Waals surface area contributed by atoms with E-state index in [0.29, 0.717) is 16.0 Å². The lowest BCUT2D eigenvalue weighted by Crippen LogP contribution is -2.05. The van der Waals surface area contributed by atoms with E-state index < -0.39 is 16.8 Å². The van der Waals surface area contributed by atoms with E-state index in [4.69, 9.17) is 9.84 Å². The molecule has 1 N–H and O–H groups in total. The lowest BCUT2D eigenvalue weighted by atomic mass is 10.2. The molecule has 0 heterocycles. The summed E-state index contributed by atoms with van der Waals surface area (Å²) in [5.41, 5.74) is 0.0994. The van der Waals surface area contributed by atoms with E-state index in [2.05, 4.69) is 15.9 Å². The molecule has 16 heavy (non-hydrogen) atoms. The van der Waals surface area contributed by atoms with Crippen molar-refractivity contribution in [3.05, 3.63) is 28.2 Å². The molecule has 6 heteroatoms. The van der Waals surface area contributed by atoms with Crippen molar-refractivity contribution in [3.63, 3.8) is 0 Å². The molecular weight excluding hydrogens is 296 g/mol. The van der Waals surface area contributed by atoms with Gasteiger partial charge in [0.05, 0.1) is 16.4 Å². The Morgan fingerprint density at radius 3 is 2.81 bits per heavy atom. The van der Waals surface area contributed by atoms with E-state index in [1.165, 1.54) is 6.07 Å². The fourth-order valence-corrected chi connectivity index (χ4v) is 2.38. The van der Waals surface area contributed by atoms with Gasteiger partial charge in [0.1, 0.15) is 5.94 Å². The van der Waals surface area contributed by atoms with Crippen LogP contribution in [-0.4, -0.2) is 27.8 Å². The number of hydrogen-bond donors (Lipinski definition) is 1. The van der Waals surface area contributed by atoms with Crippen LogP contribution in [0.5, 0.6) is 0 Å². The third-order valence-corrected chi connectivity index (χ3v) is 3.68. The molecule has 1 atom stereocenters. The number of carboxylic acid groups (broad SMARTS) is 1. The van der Waals surface area contributed by atoms with E-state index in [1.807, 2.05) is 6.92 Å². The van der Waals surface area contributed by atoms with Crippen LogP contribution in [0.25, 0.3) is 0 Å². The second kappa shape index (κ2) is 6.12. The Morgan fingerprint density at radius 2 is 2.25 bits per heavy atom. The molecule has 0 saturated heterocycles. The molecule has 0 radical (unpaired) electrons. The molecule has 0 spiro atoms. The van der Waals surface area contributed by atoms with E-state index in [9.17, 15) is 9.00 Å². The predicted molar refractivity (Wildman–Crippen MR) is 64.0 cm³/mol. The molecule has 0 aliphatic rings. The molecule has 0 bridgehead atoms. The minimum Gasteiger partial charge on any atom is -0.478 e. The monoisotopic (exact) mass is 306 g/mol. The van der Waals surface area contributed by atoms with Gasteiger partial charge in [0.2, 0.25) is 0 Å². The van der Waals surface area contributed by atoms with Gasteiger partial charge in [-0.25, -0.2) is 4.79 Å². The second-order valence-electron chi connectivity index (χ2n) is 2.90. The summed E-state index contributed by atoms with van der Waals surface area (Å²) in [6, 6.07) is 4.58. The molecule has 0 fully saturated rings. The zero-order chi connectivity index (χ0) is 12.1. The van der Waals surface area contributed by atoms with Crippen molar-refractivity contribution < 1.29 is 18.8 Å². The molecule has 1 aromatic carbocycles. The highest BCUT2D eigenvalue weighted by molar-refractivity contribution is 9.10. The van der Waals surface area contributed by atoms with Gasteiger partial charge in [0, 0.05) is 16.0 Å². The van der Waals surface area contributed by atoms with Gasteiger partial charge in [-0.2, -0.15) is 0 Å². The number of halogens is 1. The number of rotatable bonds is 5. The molecule has 0 aliphatic heterocycles. The Kier molecular flexibility index (Phi) is 5.11. The maximum Gasteiger partial charge on any atom is 0.336 e. The second-order valence-corrected chi connectivity index (χ2v) is 5.16. The van der Waals surface area contributed by atoms with Crippen LogP contribution in [0.3, 0.4) is 0 Å². The van der Waals surface area contributed by atoms with E-state index in [1.54, 1.807) is 12.1 Å². The molecule has 88 valence electrons. The zero-order valence-corrected chi connectivity index (χ0v) is 11.0. The van der Waals surface area contributed by atoms with Crippen LogP contribution in [-0.2, 0) is 15.5 Å². The lowest BCUT2D eigenvalue weighted by Gasteiger charge is -2.05. The van der Waals surface area contributed by atoms with Crippen LogP contribution in [0.2, 0.25) is 0 Å². The first kappa shape index (κ1) is 13.3. The number of ether oxygens (including phenoxy) is 1. The average molecular weight is 307 g/mol. The standard InChI is InChI=1S/C10H11BrO4S/c1-2-15-6-16(14)7-3-4-9(11)8(5-7)10(12)13/h3-5H,2,6H2,1H3,(H,12,13). The molecule has 1 aromatic rings. The number of carbonyl (C=O) groups is 1. The molecular formula is C10H11BrO4S. The summed E-state index contributed by atoms with van der Waals surface area (Å²) in [5, 5.41) is 8.89. The number of benzene rings is 1. The molecule has 1 rings (SSSR count). The van der Waals surface area contributed by atoms with Crippen molar-refractivity contribution in [2.24, 2.45) is 0 Å². The van der Waals surface area contributed by atoms with Crippen molar-refractivity contribution in [2.75, 3.05) is 12.5 Å². The van der Waals surface area contributed by atoms with Gasteiger partial charge in [-0.3, -0.25) is 4.21 Å². The Labute approximate surface area is 104 Å². The fraction of sp³-hybridized carbons (Fsp3) is 0.300. The summed E-state index contributed by atoms with van der Waals surface area (Å²) in [4.78, 5) is 11.3. The number of carboxylic acids is 1. The summed E-state index contributed by atoms with van der Waals surface area (Å²) in [6.45, 7) is 2.29. The molecule has 1 unspecified atom stereocenters. The van der Waals surface area contributed by atoms with Gasteiger partial charge in [0.25, 0.3) is 0 Å². The van der Waals surface area contributed by atoms with Crippen LogP contribution in [0.1, 0.15) is 17.3 Å². The van der Waals surface area contributed by atoms with E-state index in [-0.39, 0.29) is 11.5 Å². The molecule has 0 aromatic heterocycles. The largest absolute Gasteiger partial charge is 0.478 e. The van der Waals surface area contributed by atoms with Gasteiger partial charge >= 0.3 is 5.97 Å². The van der Waals surface area contributed by atoms with Gasteiger partial charge in [0.15, 0.2) is 0 Å². The van der Waals surface area contributed by atoms with Crippen LogP contribution in [0.4, 0.5) is 0 Å². The lowest BCUT2D eigenvalue weighted by molar-refractivity contribution is 0.0695. The van der Waals surface area contributed by atoms with E-state index >= 15 is 0 Å². The summed E-state index contributed by atoms with van der Waals surface area (Å²) in [6.07, 6.45) is 0. The van der Waals surface area contributed by atoms with Crippen LogP contribution in [0.15, 0.2) is 27.6 Å². The normalized spacial score (nSPS) is 12.4. The molecule has 4 nitrogen and oxygen atoms in total. The maximum absolute atomic E-state index is 11.7. The topological polar surface area (TPSA) is 63.6 Å². The first-order valence-corrected chi connectivity index (χ1v) is 6.66. The summed E-state index contributed by atoms with van der Waals surface area (Å²) in [5.74, 6) is -0.973. The molecule has 0 aliphatic carbocycles. The number of aromatic carboxylic acids is 1. The quantitative estimate of drug-likeness (QED) is 0.906. The molecule has 0 saturated carbocycles. The summed E-state index contributed by atoms with van der Waals surface area (Å²) < 4.78 is 17.2. The fourth-order valence-electron chi connectivity index (χ4n) is 1.04. The van der Waals surface area contributed by atoms with Gasteiger partial charge < -0.3 is 9.84 Å². The third kappa shape index (κ3) is 3.40. The highest BCUT2D eigenvalue weighted by Gasteiger charge is 2.12. The third-order valence-electron chi connectivity index (χ3n) is 1.83. The van der Waals surface area contributed by atoms with Crippen LogP contribution < -0.4 is 0 Å². The van der Waals surface area contributed by atoms with Crippen LogP contribution >= 0.6 is 15.9 Å². The van der Waals surface area contributed by atoms with Crippen LogP contribution in [0, 0.1) is 0 Å². The zero-order valence-electron chi connectivity index (χ0n) is 8.60. The Hall–Kier alpha value is -0.720.